The van der Waals surface area contributed by atoms with Crippen molar-refractivity contribution in [2.45, 2.75) is 52.4 Å². The van der Waals surface area contributed by atoms with Crippen LogP contribution in [0, 0.1) is 0 Å². The highest BCUT2D eigenvalue weighted by Crippen LogP contribution is 2.40. The van der Waals surface area contributed by atoms with E-state index in [-0.39, 0.29) is 10.8 Å². The normalized spacial score (nSPS) is 13.3. The van der Waals surface area contributed by atoms with Crippen molar-refractivity contribution < 1.29 is 0 Å². The summed E-state index contributed by atoms with van der Waals surface area (Å²) in [6.45, 7) is 13.6. The van der Waals surface area contributed by atoms with E-state index in [1.54, 1.807) is 0 Å². The highest BCUT2D eigenvalue weighted by Gasteiger charge is 2.20. The van der Waals surface area contributed by atoms with Crippen molar-refractivity contribution in [2.75, 3.05) is 0 Å². The van der Waals surface area contributed by atoms with E-state index >= 15 is 0 Å². The zero-order valence-corrected chi connectivity index (χ0v) is 21.4. The molecule has 2 nitrogen and oxygen atoms in total. The summed E-state index contributed by atoms with van der Waals surface area (Å²) in [6.07, 6.45) is 0. The smallest absolute Gasteiger partial charge is 0.0609 e. The second-order valence-electron chi connectivity index (χ2n) is 10.5. The lowest BCUT2D eigenvalue weighted by molar-refractivity contribution is 0.590. The van der Waals surface area contributed by atoms with Crippen LogP contribution in [0.4, 0.5) is 0 Å². The van der Waals surface area contributed by atoms with Gasteiger partial charge in [0.05, 0.1) is 11.0 Å². The summed E-state index contributed by atoms with van der Waals surface area (Å²) >= 11 is 7.60. The number of hydrogen-bond donors (Lipinski definition) is 2. The Morgan fingerprint density at radius 2 is 0.900 bits per heavy atom. The van der Waals surface area contributed by atoms with Crippen LogP contribution in [0.25, 0.3) is 43.6 Å². The monoisotopic (exact) mass is 524 g/mol. The van der Waals surface area contributed by atoms with E-state index in [4.69, 9.17) is 0 Å². The SMILES string of the molecule is CC(C)(C)c1cc(Br)c2[nH]c3cc4c(cc3c2c1)[nH]c1c(Br)cc(C(C)(C)C)cc14. The van der Waals surface area contributed by atoms with E-state index in [2.05, 4.69) is 120 Å². The first-order valence-electron chi connectivity index (χ1n) is 10.3. The van der Waals surface area contributed by atoms with Crippen LogP contribution >= 0.6 is 31.9 Å². The van der Waals surface area contributed by atoms with E-state index < -0.39 is 0 Å². The topological polar surface area (TPSA) is 31.6 Å². The quantitative estimate of drug-likeness (QED) is 0.202. The first kappa shape index (κ1) is 20.1. The third-order valence-electron chi connectivity index (χ3n) is 6.17. The first-order valence-corrected chi connectivity index (χ1v) is 11.9. The van der Waals surface area contributed by atoms with Crippen molar-refractivity contribution >= 4 is 75.5 Å². The number of nitrogens with one attached hydrogen (secondary N) is 2. The second kappa shape index (κ2) is 6.37. The summed E-state index contributed by atoms with van der Waals surface area (Å²) in [4.78, 5) is 7.32. The maximum absolute atomic E-state index is 3.80. The van der Waals surface area contributed by atoms with Gasteiger partial charge in [-0.3, -0.25) is 0 Å². The lowest BCUT2D eigenvalue weighted by Gasteiger charge is -2.19. The molecule has 4 heteroatoms. The minimum absolute atomic E-state index is 0.0970. The molecule has 0 unspecified atom stereocenters. The predicted octanol–water partition coefficient (Wildman–Crippen LogP) is 9.08. The van der Waals surface area contributed by atoms with Crippen LogP contribution in [-0.4, -0.2) is 9.97 Å². The van der Waals surface area contributed by atoms with Crippen LogP contribution in [0.1, 0.15) is 52.7 Å². The van der Waals surface area contributed by atoms with Crippen LogP contribution in [0.2, 0.25) is 0 Å². The molecule has 2 N–H and O–H groups in total. The first-order chi connectivity index (χ1) is 13.9. The van der Waals surface area contributed by atoms with Gasteiger partial charge in [0.25, 0.3) is 0 Å². The molecule has 0 saturated heterocycles. The van der Waals surface area contributed by atoms with Crippen LogP contribution in [0.15, 0.2) is 45.3 Å². The number of H-pyrrole nitrogens is 2. The number of halogens is 2. The van der Waals surface area contributed by atoms with Gasteiger partial charge in [-0.15, -0.1) is 0 Å². The van der Waals surface area contributed by atoms with Crippen molar-refractivity contribution in [3.63, 3.8) is 0 Å². The molecule has 5 rings (SSSR count). The summed E-state index contributed by atoms with van der Waals surface area (Å²) < 4.78 is 2.24. The van der Waals surface area contributed by atoms with Gasteiger partial charge >= 0.3 is 0 Å². The third-order valence-corrected chi connectivity index (χ3v) is 7.42. The molecule has 3 aromatic carbocycles. The van der Waals surface area contributed by atoms with Crippen molar-refractivity contribution in [2.24, 2.45) is 0 Å². The second-order valence-corrected chi connectivity index (χ2v) is 12.2. The Labute approximate surface area is 193 Å². The fraction of sp³-hybridized carbons (Fsp3) is 0.308. The molecular formula is C26H26Br2N2. The number of rotatable bonds is 0. The van der Waals surface area contributed by atoms with Crippen LogP contribution in [-0.2, 0) is 10.8 Å². The van der Waals surface area contributed by atoms with E-state index in [1.165, 1.54) is 43.7 Å². The molecule has 0 amide bonds. The number of hydrogen-bond acceptors (Lipinski definition) is 0. The van der Waals surface area contributed by atoms with E-state index in [0.717, 1.165) is 20.0 Å². The predicted molar refractivity (Wildman–Crippen MR) is 138 cm³/mol. The molecule has 0 aliphatic carbocycles. The Morgan fingerprint density at radius 3 is 1.23 bits per heavy atom. The number of aromatic nitrogens is 2. The largest absolute Gasteiger partial charge is 0.354 e. The van der Waals surface area contributed by atoms with E-state index in [0.29, 0.717) is 0 Å². The summed E-state index contributed by atoms with van der Waals surface area (Å²) in [5.41, 5.74) is 7.51. The maximum Gasteiger partial charge on any atom is 0.0609 e. The van der Waals surface area contributed by atoms with Crippen molar-refractivity contribution in [3.05, 3.63) is 56.5 Å². The molecule has 2 aromatic heterocycles. The van der Waals surface area contributed by atoms with Gasteiger partial charge in [-0.05, 0) is 90.2 Å². The van der Waals surface area contributed by atoms with Gasteiger partial charge in [0.1, 0.15) is 0 Å². The Hall–Kier alpha value is -1.78. The Bertz CT molecular complexity index is 1360. The van der Waals surface area contributed by atoms with Gasteiger partial charge in [0.15, 0.2) is 0 Å². The van der Waals surface area contributed by atoms with E-state index in [9.17, 15) is 0 Å². The molecule has 2 heterocycles. The molecular weight excluding hydrogens is 500 g/mol. The molecule has 0 fully saturated rings. The molecule has 30 heavy (non-hydrogen) atoms. The van der Waals surface area contributed by atoms with Gasteiger partial charge in [-0.1, -0.05) is 41.5 Å². The lowest BCUT2D eigenvalue weighted by atomic mass is 9.86. The maximum atomic E-state index is 3.80. The van der Waals surface area contributed by atoms with Gasteiger partial charge in [0.2, 0.25) is 0 Å². The van der Waals surface area contributed by atoms with Gasteiger partial charge < -0.3 is 9.97 Å². The Kier molecular flexibility index (Phi) is 4.27. The molecule has 0 aliphatic rings. The van der Waals surface area contributed by atoms with Crippen molar-refractivity contribution in [1.82, 2.24) is 9.97 Å². The molecule has 0 atom stereocenters. The number of benzene rings is 3. The number of aromatic amines is 2. The summed E-state index contributed by atoms with van der Waals surface area (Å²) in [6, 6.07) is 13.7. The standard InChI is InChI=1S/C26H26Br2N2/c1-25(2,3)13-7-17-15-11-22-16(12-21(15)29-23(17)19(27)9-13)18-8-14(26(4,5)6)10-20(28)24(18)30-22/h7-12,29-30H,1-6H3. The molecule has 0 radical (unpaired) electrons. The molecule has 154 valence electrons. The zero-order valence-electron chi connectivity index (χ0n) is 18.2. The van der Waals surface area contributed by atoms with Crippen LogP contribution in [0.3, 0.4) is 0 Å². The van der Waals surface area contributed by atoms with Gasteiger partial charge in [-0.2, -0.15) is 0 Å². The lowest BCUT2D eigenvalue weighted by Crippen LogP contribution is -2.10. The minimum atomic E-state index is 0.0970. The summed E-state index contributed by atoms with van der Waals surface area (Å²) in [5.74, 6) is 0. The Morgan fingerprint density at radius 1 is 0.533 bits per heavy atom. The highest BCUT2D eigenvalue weighted by molar-refractivity contribution is 9.11. The van der Waals surface area contributed by atoms with Crippen LogP contribution < -0.4 is 0 Å². The van der Waals surface area contributed by atoms with Crippen LogP contribution in [0.5, 0.6) is 0 Å². The molecule has 5 aromatic rings. The van der Waals surface area contributed by atoms with E-state index in [1.807, 2.05) is 0 Å². The van der Waals surface area contributed by atoms with Gasteiger partial charge in [0, 0.05) is 41.5 Å². The summed E-state index contributed by atoms with van der Waals surface area (Å²) in [7, 11) is 0. The fourth-order valence-corrected chi connectivity index (χ4v) is 5.40. The third kappa shape index (κ3) is 3.03. The molecule has 0 spiro atoms. The molecule has 0 saturated carbocycles. The summed E-state index contributed by atoms with van der Waals surface area (Å²) in [5, 5.41) is 5.03. The molecule has 0 bridgehead atoms. The van der Waals surface area contributed by atoms with Crippen molar-refractivity contribution in [3.8, 4) is 0 Å². The van der Waals surface area contributed by atoms with Crippen molar-refractivity contribution in [1.29, 1.82) is 0 Å². The number of fused-ring (bicyclic) bond motifs is 6. The minimum Gasteiger partial charge on any atom is -0.354 e. The molecule has 0 aliphatic heterocycles. The Balaban J connectivity index is 1.87. The highest BCUT2D eigenvalue weighted by atomic mass is 79.9. The average molecular weight is 526 g/mol. The fourth-order valence-electron chi connectivity index (χ4n) is 4.28. The van der Waals surface area contributed by atoms with Gasteiger partial charge in [-0.25, -0.2) is 0 Å². The zero-order chi connectivity index (χ0) is 21.6. The average Bonchev–Trinajstić information content (AvgIpc) is 3.17.